The van der Waals surface area contributed by atoms with Crippen molar-refractivity contribution >= 4 is 23.5 Å². The minimum absolute atomic E-state index is 0.242. The number of para-hydroxylation sites is 1. The molecule has 3 aliphatic heterocycles. The van der Waals surface area contributed by atoms with E-state index >= 15 is 0 Å². The number of aliphatic hydroxyl groups excluding tert-OH is 1. The number of nitrogens with zero attached hydrogens (tertiary/aromatic N) is 2. The van der Waals surface area contributed by atoms with Crippen molar-refractivity contribution in [2.45, 2.75) is 89.5 Å². The Hall–Kier alpha value is -2.97. The lowest BCUT2D eigenvalue weighted by atomic mass is 9.65. The van der Waals surface area contributed by atoms with Gasteiger partial charge in [-0.1, -0.05) is 37.3 Å². The number of hydrogen-bond acceptors (Lipinski definition) is 6. The van der Waals surface area contributed by atoms with E-state index in [0.717, 1.165) is 29.7 Å². The van der Waals surface area contributed by atoms with Crippen LogP contribution in [-0.4, -0.2) is 70.8 Å². The van der Waals surface area contributed by atoms with E-state index < -0.39 is 41.1 Å². The molecular formula is C32H44N2O6. The number of aryl methyl sites for hydroxylation is 2. The number of esters is 1. The number of carbonyl (C=O) groups is 3. The highest BCUT2D eigenvalue weighted by Crippen LogP contribution is 2.65. The highest BCUT2D eigenvalue weighted by molar-refractivity contribution is 6.05. The number of carbonyl (C=O) groups excluding carboxylic acids is 3. The minimum Gasteiger partial charge on any atom is -0.465 e. The first-order chi connectivity index (χ1) is 19.1. The molecule has 8 nitrogen and oxygen atoms in total. The highest BCUT2D eigenvalue weighted by atomic mass is 16.6. The minimum atomic E-state index is -1.18. The van der Waals surface area contributed by atoms with Crippen LogP contribution >= 0.6 is 0 Å². The second kappa shape index (κ2) is 11.9. The molecule has 6 atom stereocenters. The van der Waals surface area contributed by atoms with Crippen molar-refractivity contribution in [1.82, 2.24) is 4.90 Å². The van der Waals surface area contributed by atoms with E-state index in [-0.39, 0.29) is 31.6 Å². The molecule has 2 unspecified atom stereocenters. The first kappa shape index (κ1) is 30.0. The molecule has 0 radical (unpaired) electrons. The molecule has 4 rings (SSSR count). The SMILES string of the molecule is C=CCCCCOC(=O)[C@H]1[C@H]2C(=O)N([C@H](C)CO)C(C(=O)N(CC=C)c3c(C)cccc3C)C23CC[C@]1(CC)O3. The van der Waals surface area contributed by atoms with Crippen molar-refractivity contribution in [3.63, 3.8) is 0 Å². The van der Waals surface area contributed by atoms with Gasteiger partial charge in [0.25, 0.3) is 5.91 Å². The standard InChI is InChI=1S/C32H44N2O6/c1-7-10-11-12-19-39-30(38)25-24-28(36)34(23(6)20-35)27(32(24)17-16-31(25,9-3)40-32)29(37)33(18-8-2)26-21(4)14-13-15-22(26)5/h7-8,13-15,23-25,27,35H,1-2,9-12,16-20H2,3-6H3/t23-,24+,25-,27?,31+,32?/m1/s1. The molecule has 0 saturated carbocycles. The second-order valence-electron chi connectivity index (χ2n) is 11.5. The summed E-state index contributed by atoms with van der Waals surface area (Å²) in [6, 6.07) is 4.21. The number of amides is 2. The van der Waals surface area contributed by atoms with Crippen LogP contribution < -0.4 is 4.90 Å². The van der Waals surface area contributed by atoms with Gasteiger partial charge in [0.1, 0.15) is 17.6 Å². The van der Waals surface area contributed by atoms with Crippen molar-refractivity contribution in [3.8, 4) is 0 Å². The molecule has 3 fully saturated rings. The Labute approximate surface area is 238 Å². The van der Waals surface area contributed by atoms with Crippen molar-refractivity contribution in [1.29, 1.82) is 0 Å². The van der Waals surface area contributed by atoms with Gasteiger partial charge in [0.15, 0.2) is 0 Å². The predicted octanol–water partition coefficient (Wildman–Crippen LogP) is 4.26. The molecule has 2 amide bonds. The molecule has 0 aromatic heterocycles. The lowest BCUT2D eigenvalue weighted by molar-refractivity contribution is -0.162. The summed E-state index contributed by atoms with van der Waals surface area (Å²) >= 11 is 0. The van der Waals surface area contributed by atoms with Crippen LogP contribution in [0, 0.1) is 25.7 Å². The van der Waals surface area contributed by atoms with Gasteiger partial charge in [0, 0.05) is 12.2 Å². The van der Waals surface area contributed by atoms with E-state index in [4.69, 9.17) is 9.47 Å². The monoisotopic (exact) mass is 552 g/mol. The van der Waals surface area contributed by atoms with E-state index in [2.05, 4.69) is 13.2 Å². The van der Waals surface area contributed by atoms with Crippen molar-refractivity contribution < 1.29 is 29.0 Å². The Balaban J connectivity index is 1.77. The van der Waals surface area contributed by atoms with Crippen LogP contribution in [0.1, 0.15) is 63.5 Å². The summed E-state index contributed by atoms with van der Waals surface area (Å²) in [5.74, 6) is -2.73. The number of allylic oxidation sites excluding steroid dienone is 1. The normalized spacial score (nSPS) is 29.3. The maximum absolute atomic E-state index is 14.7. The Morgan fingerprint density at radius 2 is 1.93 bits per heavy atom. The zero-order valence-electron chi connectivity index (χ0n) is 24.4. The number of unbranched alkanes of at least 4 members (excludes halogenated alkanes) is 2. The zero-order chi connectivity index (χ0) is 29.2. The van der Waals surface area contributed by atoms with E-state index in [9.17, 15) is 19.5 Å². The van der Waals surface area contributed by atoms with Crippen molar-refractivity contribution in [2.75, 3.05) is 24.7 Å². The molecule has 3 aliphatic rings. The summed E-state index contributed by atoms with van der Waals surface area (Å²) in [5.41, 5.74) is 0.568. The van der Waals surface area contributed by atoms with Crippen LogP contribution in [0.15, 0.2) is 43.5 Å². The van der Waals surface area contributed by atoms with Gasteiger partial charge in [-0.2, -0.15) is 0 Å². The Bertz CT molecular complexity index is 1150. The number of benzene rings is 1. The summed E-state index contributed by atoms with van der Waals surface area (Å²) < 4.78 is 12.5. The van der Waals surface area contributed by atoms with Crippen molar-refractivity contribution in [2.24, 2.45) is 11.8 Å². The lowest BCUT2D eigenvalue weighted by Gasteiger charge is -2.39. The smallest absolute Gasteiger partial charge is 0.312 e. The number of anilines is 1. The molecule has 1 aromatic rings. The lowest BCUT2D eigenvalue weighted by Crippen LogP contribution is -2.58. The third-order valence-corrected chi connectivity index (χ3v) is 9.18. The summed E-state index contributed by atoms with van der Waals surface area (Å²) in [6.07, 6.45) is 7.46. The number of likely N-dealkylation sites (tertiary alicyclic amines) is 1. The van der Waals surface area contributed by atoms with E-state index in [1.165, 1.54) is 4.90 Å². The number of aliphatic hydroxyl groups is 1. The third-order valence-electron chi connectivity index (χ3n) is 9.18. The van der Waals surface area contributed by atoms with Crippen LogP contribution in [0.25, 0.3) is 0 Å². The fraction of sp³-hybridized carbons (Fsp3) is 0.594. The molecule has 1 spiro atoms. The topological polar surface area (TPSA) is 96.4 Å². The fourth-order valence-corrected chi connectivity index (χ4v) is 7.31. The summed E-state index contributed by atoms with van der Waals surface area (Å²) in [5, 5.41) is 10.2. The molecule has 1 aromatic carbocycles. The second-order valence-corrected chi connectivity index (χ2v) is 11.5. The number of fused-ring (bicyclic) bond motifs is 1. The Morgan fingerprint density at radius 1 is 1.23 bits per heavy atom. The van der Waals surface area contributed by atoms with Gasteiger partial charge in [-0.05, 0) is 70.4 Å². The number of rotatable bonds is 13. The molecule has 1 N–H and O–H groups in total. The number of hydrogen-bond donors (Lipinski definition) is 1. The van der Waals surface area contributed by atoms with Gasteiger partial charge >= 0.3 is 5.97 Å². The van der Waals surface area contributed by atoms with Crippen molar-refractivity contribution in [3.05, 3.63) is 54.6 Å². The predicted molar refractivity (Wildman–Crippen MR) is 154 cm³/mol. The average molecular weight is 553 g/mol. The first-order valence-corrected chi connectivity index (χ1v) is 14.5. The Morgan fingerprint density at radius 3 is 2.52 bits per heavy atom. The van der Waals surface area contributed by atoms with Gasteiger partial charge in [-0.3, -0.25) is 14.4 Å². The maximum Gasteiger partial charge on any atom is 0.312 e. The molecular weight excluding hydrogens is 508 g/mol. The molecule has 40 heavy (non-hydrogen) atoms. The third kappa shape index (κ3) is 4.69. The molecule has 218 valence electrons. The molecule has 0 aliphatic carbocycles. The van der Waals surface area contributed by atoms with Gasteiger partial charge in [-0.25, -0.2) is 0 Å². The average Bonchev–Trinajstić information content (AvgIpc) is 3.55. The van der Waals surface area contributed by atoms with E-state index in [1.54, 1.807) is 17.9 Å². The van der Waals surface area contributed by atoms with E-state index in [0.29, 0.717) is 25.7 Å². The zero-order valence-corrected chi connectivity index (χ0v) is 24.4. The van der Waals surface area contributed by atoms with Crippen LogP contribution in [0.3, 0.4) is 0 Å². The first-order valence-electron chi connectivity index (χ1n) is 14.5. The summed E-state index contributed by atoms with van der Waals surface area (Å²) in [7, 11) is 0. The quantitative estimate of drug-likeness (QED) is 0.223. The number of ether oxygens (including phenoxy) is 2. The van der Waals surface area contributed by atoms with Crippen LogP contribution in [-0.2, 0) is 23.9 Å². The van der Waals surface area contributed by atoms with E-state index in [1.807, 2.05) is 45.0 Å². The van der Waals surface area contributed by atoms with Gasteiger partial charge in [-0.15, -0.1) is 13.2 Å². The summed E-state index contributed by atoms with van der Waals surface area (Å²) in [4.78, 5) is 45.7. The molecule has 2 bridgehead atoms. The van der Waals surface area contributed by atoms with Crippen LogP contribution in [0.2, 0.25) is 0 Å². The summed E-state index contributed by atoms with van der Waals surface area (Å²) in [6.45, 7) is 15.4. The van der Waals surface area contributed by atoms with Crippen LogP contribution in [0.5, 0.6) is 0 Å². The Kier molecular flexibility index (Phi) is 8.90. The molecule has 3 heterocycles. The maximum atomic E-state index is 14.7. The highest BCUT2D eigenvalue weighted by Gasteiger charge is 2.79. The molecule has 3 saturated heterocycles. The molecule has 8 heteroatoms. The van der Waals surface area contributed by atoms with Gasteiger partial charge in [0.05, 0.1) is 30.8 Å². The van der Waals surface area contributed by atoms with Gasteiger partial charge in [0.2, 0.25) is 5.91 Å². The van der Waals surface area contributed by atoms with Crippen LogP contribution in [0.4, 0.5) is 5.69 Å². The largest absolute Gasteiger partial charge is 0.465 e. The fourth-order valence-electron chi connectivity index (χ4n) is 7.31. The van der Waals surface area contributed by atoms with Gasteiger partial charge < -0.3 is 24.4 Å².